The lowest BCUT2D eigenvalue weighted by molar-refractivity contribution is -0.384. The predicted molar refractivity (Wildman–Crippen MR) is 143 cm³/mol. The highest BCUT2D eigenvalue weighted by molar-refractivity contribution is 7.10. The summed E-state index contributed by atoms with van der Waals surface area (Å²) in [7, 11) is 0. The number of hydrogen-bond acceptors (Lipinski definition) is 6. The van der Waals surface area contributed by atoms with Gasteiger partial charge < -0.3 is 9.80 Å². The average Bonchev–Trinajstić information content (AvgIpc) is 3.40. The largest absolute Gasteiger partial charge is 0.339 e. The van der Waals surface area contributed by atoms with E-state index in [1.807, 2.05) is 29.2 Å². The van der Waals surface area contributed by atoms with Crippen LogP contribution in [-0.2, 0) is 11.2 Å². The molecule has 3 heterocycles. The molecule has 0 spiro atoms. The van der Waals surface area contributed by atoms with Gasteiger partial charge in [0.2, 0.25) is 5.91 Å². The monoisotopic (exact) mass is 518 g/mol. The van der Waals surface area contributed by atoms with Gasteiger partial charge in [0, 0.05) is 67.8 Å². The van der Waals surface area contributed by atoms with Gasteiger partial charge in [-0.05, 0) is 42.0 Å². The Morgan fingerprint density at radius 1 is 1.05 bits per heavy atom. The van der Waals surface area contributed by atoms with Gasteiger partial charge in [-0.2, -0.15) is 0 Å². The van der Waals surface area contributed by atoms with Crippen molar-refractivity contribution in [3.05, 3.63) is 97.7 Å². The fourth-order valence-electron chi connectivity index (χ4n) is 5.44. The third kappa shape index (κ3) is 5.28. The Labute approximate surface area is 220 Å². The van der Waals surface area contributed by atoms with E-state index >= 15 is 0 Å². The summed E-state index contributed by atoms with van der Waals surface area (Å²) < 4.78 is 0. The van der Waals surface area contributed by atoms with E-state index in [0.29, 0.717) is 38.2 Å². The molecule has 5 rings (SSSR count). The van der Waals surface area contributed by atoms with Crippen molar-refractivity contribution < 1.29 is 14.5 Å². The lowest BCUT2D eigenvalue weighted by Gasteiger charge is -2.40. The molecule has 0 N–H and O–H groups in total. The van der Waals surface area contributed by atoms with Crippen LogP contribution in [0.2, 0.25) is 0 Å². The Morgan fingerprint density at radius 2 is 1.86 bits per heavy atom. The first-order valence-corrected chi connectivity index (χ1v) is 13.5. The number of amides is 2. The molecule has 3 aromatic rings. The van der Waals surface area contributed by atoms with E-state index < -0.39 is 4.92 Å². The average molecular weight is 519 g/mol. The number of rotatable bonds is 6. The maximum Gasteiger partial charge on any atom is 0.270 e. The Morgan fingerprint density at radius 3 is 2.62 bits per heavy atom. The summed E-state index contributed by atoms with van der Waals surface area (Å²) in [6, 6.07) is 18.5. The van der Waals surface area contributed by atoms with Gasteiger partial charge in [0.25, 0.3) is 11.6 Å². The molecule has 2 aliphatic rings. The minimum Gasteiger partial charge on any atom is -0.339 e. The van der Waals surface area contributed by atoms with E-state index in [4.69, 9.17) is 0 Å². The molecule has 8 nitrogen and oxygen atoms in total. The molecule has 0 saturated carbocycles. The van der Waals surface area contributed by atoms with Crippen molar-refractivity contribution in [2.75, 3.05) is 32.7 Å². The molecular formula is C28H30N4O4S. The Kier molecular flexibility index (Phi) is 7.34. The normalized spacial score (nSPS) is 19.9. The minimum absolute atomic E-state index is 0.0947. The Balaban J connectivity index is 1.21. The van der Waals surface area contributed by atoms with Gasteiger partial charge in [-0.25, -0.2) is 0 Å². The van der Waals surface area contributed by atoms with Crippen LogP contribution in [0.15, 0.2) is 66.0 Å². The minimum atomic E-state index is -0.499. The lowest BCUT2D eigenvalue weighted by Crippen LogP contribution is -2.55. The topological polar surface area (TPSA) is 87.0 Å². The molecule has 2 aliphatic heterocycles. The maximum atomic E-state index is 13.2. The maximum absolute atomic E-state index is 13.2. The molecule has 2 unspecified atom stereocenters. The Hall–Kier alpha value is -3.56. The molecule has 0 bridgehead atoms. The van der Waals surface area contributed by atoms with Gasteiger partial charge >= 0.3 is 0 Å². The summed E-state index contributed by atoms with van der Waals surface area (Å²) in [6.07, 6.45) is 1.42. The number of thiophene rings is 1. The van der Waals surface area contributed by atoms with Crippen LogP contribution < -0.4 is 0 Å². The number of benzene rings is 2. The van der Waals surface area contributed by atoms with E-state index in [2.05, 4.69) is 40.6 Å². The van der Waals surface area contributed by atoms with Crippen molar-refractivity contribution in [2.24, 2.45) is 0 Å². The van der Waals surface area contributed by atoms with E-state index in [0.717, 1.165) is 13.0 Å². The van der Waals surface area contributed by atoms with E-state index in [-0.39, 0.29) is 29.6 Å². The first-order chi connectivity index (χ1) is 17.9. The number of non-ortho nitro benzene ring substituents is 1. The van der Waals surface area contributed by atoms with Gasteiger partial charge in [0.1, 0.15) is 0 Å². The van der Waals surface area contributed by atoms with Gasteiger partial charge in [-0.3, -0.25) is 24.6 Å². The summed E-state index contributed by atoms with van der Waals surface area (Å²) in [6.45, 7) is 4.83. The molecule has 1 aromatic heterocycles. The zero-order valence-electron chi connectivity index (χ0n) is 20.8. The molecule has 1 fully saturated rings. The van der Waals surface area contributed by atoms with Gasteiger partial charge in [0.15, 0.2) is 0 Å². The number of hydrogen-bond donors (Lipinski definition) is 0. The van der Waals surface area contributed by atoms with Crippen molar-refractivity contribution in [1.29, 1.82) is 0 Å². The summed E-state index contributed by atoms with van der Waals surface area (Å²) in [5, 5.41) is 13.2. The summed E-state index contributed by atoms with van der Waals surface area (Å²) in [4.78, 5) is 44.2. The van der Waals surface area contributed by atoms with Crippen LogP contribution in [0.5, 0.6) is 0 Å². The summed E-state index contributed by atoms with van der Waals surface area (Å²) >= 11 is 1.81. The standard InChI is InChI=1S/C28H30N4O4S/c1-20-19-30(15-16-31(20)28(34)22-8-5-9-23(18-22)32(35)36)26(33)11-14-29-13-10-25-24(12-17-37-25)27(29)21-6-3-2-4-7-21/h2-9,12,17-18,20,27H,10-11,13-16,19H2,1H3. The van der Waals surface area contributed by atoms with Crippen molar-refractivity contribution >= 4 is 28.8 Å². The first-order valence-electron chi connectivity index (χ1n) is 12.6. The molecule has 2 aromatic carbocycles. The van der Waals surface area contributed by atoms with Gasteiger partial charge in [-0.15, -0.1) is 11.3 Å². The molecular weight excluding hydrogens is 488 g/mol. The van der Waals surface area contributed by atoms with E-state index in [1.165, 1.54) is 34.2 Å². The van der Waals surface area contributed by atoms with Gasteiger partial charge in [0.05, 0.1) is 11.0 Å². The number of carbonyl (C=O) groups is 2. The molecule has 1 saturated heterocycles. The second-order valence-electron chi connectivity index (χ2n) is 9.64. The van der Waals surface area contributed by atoms with Crippen LogP contribution in [0.3, 0.4) is 0 Å². The van der Waals surface area contributed by atoms with Gasteiger partial charge in [-0.1, -0.05) is 36.4 Å². The fourth-order valence-corrected chi connectivity index (χ4v) is 6.34. The molecule has 37 heavy (non-hydrogen) atoms. The second kappa shape index (κ2) is 10.8. The summed E-state index contributed by atoms with van der Waals surface area (Å²) in [5.41, 5.74) is 2.78. The molecule has 2 atom stereocenters. The lowest BCUT2D eigenvalue weighted by atomic mass is 9.93. The molecule has 0 aliphatic carbocycles. The number of nitrogens with zero attached hydrogens (tertiary/aromatic N) is 4. The highest BCUT2D eigenvalue weighted by atomic mass is 32.1. The highest BCUT2D eigenvalue weighted by Gasteiger charge is 2.33. The van der Waals surface area contributed by atoms with Crippen LogP contribution in [0.25, 0.3) is 0 Å². The Bertz CT molecular complexity index is 1290. The number of piperazine rings is 1. The van der Waals surface area contributed by atoms with Crippen molar-refractivity contribution in [3.63, 3.8) is 0 Å². The van der Waals surface area contributed by atoms with Crippen molar-refractivity contribution in [1.82, 2.24) is 14.7 Å². The molecule has 9 heteroatoms. The first kappa shape index (κ1) is 25.1. The fraction of sp³-hybridized carbons (Fsp3) is 0.357. The number of nitro benzene ring substituents is 1. The third-order valence-corrected chi connectivity index (χ3v) is 8.34. The van der Waals surface area contributed by atoms with Crippen LogP contribution in [0.4, 0.5) is 5.69 Å². The molecule has 2 amide bonds. The predicted octanol–water partition coefficient (Wildman–Crippen LogP) is 4.37. The zero-order valence-corrected chi connectivity index (χ0v) is 21.6. The number of fused-ring (bicyclic) bond motifs is 1. The highest BCUT2D eigenvalue weighted by Crippen LogP contribution is 2.37. The van der Waals surface area contributed by atoms with Crippen molar-refractivity contribution in [2.45, 2.75) is 31.8 Å². The molecule has 192 valence electrons. The smallest absolute Gasteiger partial charge is 0.270 e. The van der Waals surface area contributed by atoms with Crippen molar-refractivity contribution in [3.8, 4) is 0 Å². The van der Waals surface area contributed by atoms with Crippen LogP contribution in [-0.4, -0.2) is 70.2 Å². The zero-order chi connectivity index (χ0) is 25.9. The quantitative estimate of drug-likeness (QED) is 0.357. The number of nitro groups is 1. The van der Waals surface area contributed by atoms with Crippen LogP contribution in [0.1, 0.15) is 45.7 Å². The van der Waals surface area contributed by atoms with E-state index in [9.17, 15) is 19.7 Å². The third-order valence-electron chi connectivity index (χ3n) is 7.34. The van der Waals surface area contributed by atoms with Crippen LogP contribution in [0, 0.1) is 10.1 Å². The molecule has 0 radical (unpaired) electrons. The second-order valence-corrected chi connectivity index (χ2v) is 10.6. The number of carbonyl (C=O) groups excluding carboxylic acids is 2. The van der Waals surface area contributed by atoms with E-state index in [1.54, 1.807) is 11.0 Å². The summed E-state index contributed by atoms with van der Waals surface area (Å²) in [5.74, 6) is -0.147. The SMILES string of the molecule is CC1CN(C(=O)CCN2CCc3sccc3C2c2ccccc2)CCN1C(=O)c1cccc([N+](=O)[O-])c1. The van der Waals surface area contributed by atoms with Crippen LogP contribution >= 0.6 is 11.3 Å².